The molecule has 5 heteroatoms. The van der Waals surface area contributed by atoms with Crippen LogP contribution in [0.5, 0.6) is 5.88 Å². The van der Waals surface area contributed by atoms with Gasteiger partial charge in [0, 0.05) is 18.3 Å². The monoisotopic (exact) mass is 250 g/mol. The molecule has 0 bridgehead atoms. The Balaban J connectivity index is 1.85. The molecule has 1 fully saturated rings. The van der Waals surface area contributed by atoms with E-state index in [1.54, 1.807) is 19.1 Å². The molecule has 0 saturated carbocycles. The van der Waals surface area contributed by atoms with E-state index in [0.29, 0.717) is 30.7 Å². The van der Waals surface area contributed by atoms with Gasteiger partial charge in [0.2, 0.25) is 5.88 Å². The van der Waals surface area contributed by atoms with Crippen molar-refractivity contribution < 1.29 is 14.3 Å². The SMILES string of the molecule is CCOC(=O)c1ccc(OCC2CCCN2)nc1. The molecule has 5 nitrogen and oxygen atoms in total. The van der Waals surface area contributed by atoms with E-state index in [-0.39, 0.29) is 5.97 Å². The van der Waals surface area contributed by atoms with Gasteiger partial charge >= 0.3 is 5.97 Å². The number of esters is 1. The van der Waals surface area contributed by atoms with Crippen LogP contribution in [0.2, 0.25) is 0 Å². The van der Waals surface area contributed by atoms with Gasteiger partial charge in [-0.1, -0.05) is 0 Å². The minimum absolute atomic E-state index is 0.353. The lowest BCUT2D eigenvalue weighted by atomic mass is 10.2. The first-order valence-electron chi connectivity index (χ1n) is 6.29. The number of carbonyl (C=O) groups is 1. The number of carbonyl (C=O) groups excluding carboxylic acids is 1. The molecule has 1 unspecified atom stereocenters. The quantitative estimate of drug-likeness (QED) is 0.800. The summed E-state index contributed by atoms with van der Waals surface area (Å²) in [6, 6.07) is 3.78. The highest BCUT2D eigenvalue weighted by Crippen LogP contribution is 2.11. The minimum Gasteiger partial charge on any atom is -0.476 e. The molecular weight excluding hydrogens is 232 g/mol. The van der Waals surface area contributed by atoms with Gasteiger partial charge in [-0.05, 0) is 32.4 Å². The zero-order chi connectivity index (χ0) is 12.8. The second-order valence-corrected chi connectivity index (χ2v) is 4.21. The summed E-state index contributed by atoms with van der Waals surface area (Å²) < 4.78 is 10.4. The lowest BCUT2D eigenvalue weighted by Gasteiger charge is -2.11. The van der Waals surface area contributed by atoms with E-state index >= 15 is 0 Å². The van der Waals surface area contributed by atoms with Gasteiger partial charge in [-0.25, -0.2) is 9.78 Å². The molecule has 18 heavy (non-hydrogen) atoms. The average molecular weight is 250 g/mol. The number of rotatable bonds is 5. The number of hydrogen-bond donors (Lipinski definition) is 1. The van der Waals surface area contributed by atoms with Crippen LogP contribution >= 0.6 is 0 Å². The summed E-state index contributed by atoms with van der Waals surface area (Å²) in [5, 5.41) is 3.35. The van der Waals surface area contributed by atoms with E-state index < -0.39 is 0 Å². The number of aromatic nitrogens is 1. The van der Waals surface area contributed by atoms with Gasteiger partial charge in [0.05, 0.1) is 12.2 Å². The van der Waals surface area contributed by atoms with Gasteiger partial charge in [-0.3, -0.25) is 0 Å². The fourth-order valence-corrected chi connectivity index (χ4v) is 1.89. The molecule has 1 atom stereocenters. The zero-order valence-corrected chi connectivity index (χ0v) is 10.5. The van der Waals surface area contributed by atoms with E-state index in [4.69, 9.17) is 9.47 Å². The van der Waals surface area contributed by atoms with Crippen LogP contribution in [0.3, 0.4) is 0 Å². The first-order valence-corrected chi connectivity index (χ1v) is 6.29. The molecule has 1 aromatic rings. The Hall–Kier alpha value is -1.62. The third-order valence-corrected chi connectivity index (χ3v) is 2.84. The highest BCUT2D eigenvalue weighted by Gasteiger charge is 2.14. The molecule has 1 aliphatic heterocycles. The van der Waals surface area contributed by atoms with E-state index in [2.05, 4.69) is 10.3 Å². The van der Waals surface area contributed by atoms with Crippen molar-refractivity contribution in [2.24, 2.45) is 0 Å². The van der Waals surface area contributed by atoms with Crippen LogP contribution in [-0.2, 0) is 4.74 Å². The number of ether oxygens (including phenoxy) is 2. The maximum Gasteiger partial charge on any atom is 0.339 e. The van der Waals surface area contributed by atoms with Crippen molar-refractivity contribution in [3.8, 4) is 5.88 Å². The molecule has 2 heterocycles. The normalized spacial score (nSPS) is 18.6. The largest absolute Gasteiger partial charge is 0.476 e. The summed E-state index contributed by atoms with van der Waals surface area (Å²) in [6.07, 6.45) is 3.82. The Morgan fingerprint density at radius 3 is 3.06 bits per heavy atom. The molecular formula is C13H18N2O3. The van der Waals surface area contributed by atoms with Crippen molar-refractivity contribution >= 4 is 5.97 Å². The minimum atomic E-state index is -0.353. The Bertz CT molecular complexity index is 386. The van der Waals surface area contributed by atoms with Gasteiger partial charge in [-0.2, -0.15) is 0 Å². The number of nitrogens with zero attached hydrogens (tertiary/aromatic N) is 1. The fourth-order valence-electron chi connectivity index (χ4n) is 1.89. The topological polar surface area (TPSA) is 60.5 Å². The van der Waals surface area contributed by atoms with E-state index in [1.807, 2.05) is 0 Å². The van der Waals surface area contributed by atoms with Crippen molar-refractivity contribution in [1.82, 2.24) is 10.3 Å². The first-order chi connectivity index (χ1) is 8.79. The summed E-state index contributed by atoms with van der Waals surface area (Å²) >= 11 is 0. The van der Waals surface area contributed by atoms with Crippen LogP contribution in [0, 0.1) is 0 Å². The highest BCUT2D eigenvalue weighted by atomic mass is 16.5. The van der Waals surface area contributed by atoms with Crippen molar-refractivity contribution in [3.63, 3.8) is 0 Å². The molecule has 2 rings (SSSR count). The smallest absolute Gasteiger partial charge is 0.339 e. The predicted octanol–water partition coefficient (Wildman–Crippen LogP) is 1.39. The zero-order valence-electron chi connectivity index (χ0n) is 10.5. The molecule has 1 N–H and O–H groups in total. The van der Waals surface area contributed by atoms with Crippen LogP contribution in [0.4, 0.5) is 0 Å². The van der Waals surface area contributed by atoms with Gasteiger partial charge < -0.3 is 14.8 Å². The summed E-state index contributed by atoms with van der Waals surface area (Å²) in [6.45, 7) is 3.82. The number of pyridine rings is 1. The Morgan fingerprint density at radius 2 is 2.44 bits per heavy atom. The maximum atomic E-state index is 11.4. The molecule has 1 aliphatic rings. The second-order valence-electron chi connectivity index (χ2n) is 4.21. The van der Waals surface area contributed by atoms with Gasteiger partial charge in [0.25, 0.3) is 0 Å². The maximum absolute atomic E-state index is 11.4. The summed E-state index contributed by atoms with van der Waals surface area (Å²) in [7, 11) is 0. The molecule has 1 aromatic heterocycles. The average Bonchev–Trinajstić information content (AvgIpc) is 2.90. The third kappa shape index (κ3) is 3.43. The summed E-state index contributed by atoms with van der Waals surface area (Å²) in [5.74, 6) is 0.186. The van der Waals surface area contributed by atoms with Gasteiger partial charge in [0.1, 0.15) is 6.61 Å². The van der Waals surface area contributed by atoms with Crippen molar-refractivity contribution in [2.45, 2.75) is 25.8 Å². The van der Waals surface area contributed by atoms with Crippen LogP contribution in [0.1, 0.15) is 30.1 Å². The van der Waals surface area contributed by atoms with Crippen molar-refractivity contribution in [1.29, 1.82) is 0 Å². The fraction of sp³-hybridized carbons (Fsp3) is 0.538. The van der Waals surface area contributed by atoms with Crippen molar-refractivity contribution in [2.75, 3.05) is 19.8 Å². The molecule has 0 radical (unpaired) electrons. The Morgan fingerprint density at radius 1 is 1.56 bits per heavy atom. The molecule has 0 aliphatic carbocycles. The lowest BCUT2D eigenvalue weighted by Crippen LogP contribution is -2.28. The van der Waals surface area contributed by atoms with Crippen LogP contribution < -0.4 is 10.1 Å². The highest BCUT2D eigenvalue weighted by molar-refractivity contribution is 5.89. The van der Waals surface area contributed by atoms with Crippen LogP contribution in [0.25, 0.3) is 0 Å². The molecule has 98 valence electrons. The Labute approximate surface area is 107 Å². The van der Waals surface area contributed by atoms with E-state index in [9.17, 15) is 4.79 Å². The van der Waals surface area contributed by atoms with Crippen LogP contribution in [-0.4, -0.2) is 36.8 Å². The van der Waals surface area contributed by atoms with E-state index in [1.165, 1.54) is 12.6 Å². The van der Waals surface area contributed by atoms with Gasteiger partial charge in [-0.15, -0.1) is 0 Å². The Kier molecular flexibility index (Phi) is 4.52. The second kappa shape index (κ2) is 6.35. The summed E-state index contributed by atoms with van der Waals surface area (Å²) in [5.41, 5.74) is 0.447. The van der Waals surface area contributed by atoms with E-state index in [0.717, 1.165) is 13.0 Å². The lowest BCUT2D eigenvalue weighted by molar-refractivity contribution is 0.0526. The van der Waals surface area contributed by atoms with Gasteiger partial charge in [0.15, 0.2) is 0 Å². The first kappa shape index (κ1) is 12.8. The number of hydrogen-bond acceptors (Lipinski definition) is 5. The molecule has 1 saturated heterocycles. The number of nitrogens with one attached hydrogen (secondary N) is 1. The third-order valence-electron chi connectivity index (χ3n) is 2.84. The molecule has 0 amide bonds. The summed E-state index contributed by atoms with van der Waals surface area (Å²) in [4.78, 5) is 15.5. The van der Waals surface area contributed by atoms with Crippen LogP contribution in [0.15, 0.2) is 18.3 Å². The standard InChI is InChI=1S/C13H18N2O3/c1-2-17-13(16)10-5-6-12(15-8-10)18-9-11-4-3-7-14-11/h5-6,8,11,14H,2-4,7,9H2,1H3. The molecule has 0 aromatic carbocycles. The van der Waals surface area contributed by atoms with Crippen molar-refractivity contribution in [3.05, 3.63) is 23.9 Å². The molecule has 0 spiro atoms. The predicted molar refractivity (Wildman–Crippen MR) is 66.7 cm³/mol.